The molecule has 0 saturated heterocycles. The Kier molecular flexibility index (Phi) is 8.24. The van der Waals surface area contributed by atoms with E-state index in [-0.39, 0.29) is 6.42 Å². The fourth-order valence-electron chi connectivity index (χ4n) is 0.934. The molecule has 0 aromatic carbocycles. The van der Waals surface area contributed by atoms with Crippen molar-refractivity contribution in [3.8, 4) is 0 Å². The smallest absolute Gasteiger partial charge is 0.306 e. The molecule has 0 aromatic rings. The van der Waals surface area contributed by atoms with E-state index in [2.05, 4.69) is 6.92 Å². The van der Waals surface area contributed by atoms with Crippen LogP contribution in [0.3, 0.4) is 0 Å². The molecular formula is C9H18O3S. The van der Waals surface area contributed by atoms with E-state index < -0.39 is 12.1 Å². The second kappa shape index (κ2) is 8.38. The number of rotatable bonds is 8. The van der Waals surface area contributed by atoms with Gasteiger partial charge in [0.1, 0.15) is 0 Å². The van der Waals surface area contributed by atoms with Crippen molar-refractivity contribution in [1.82, 2.24) is 0 Å². The number of aliphatic hydroxyl groups excluding tert-OH is 1. The van der Waals surface area contributed by atoms with Gasteiger partial charge in [-0.25, -0.2) is 0 Å². The van der Waals surface area contributed by atoms with Gasteiger partial charge in [0.05, 0.1) is 12.5 Å². The van der Waals surface area contributed by atoms with Crippen LogP contribution >= 0.6 is 11.8 Å². The Morgan fingerprint density at radius 3 is 2.69 bits per heavy atom. The van der Waals surface area contributed by atoms with Gasteiger partial charge in [0.25, 0.3) is 0 Å². The summed E-state index contributed by atoms with van der Waals surface area (Å²) in [5.41, 5.74) is 0. The molecule has 0 spiro atoms. The highest BCUT2D eigenvalue weighted by Gasteiger charge is 2.08. The zero-order valence-electron chi connectivity index (χ0n) is 8.03. The van der Waals surface area contributed by atoms with Gasteiger partial charge in [-0.05, 0) is 12.2 Å². The molecule has 0 amide bonds. The van der Waals surface area contributed by atoms with Crippen molar-refractivity contribution >= 4 is 17.7 Å². The maximum Gasteiger partial charge on any atom is 0.306 e. The second-order valence-electron chi connectivity index (χ2n) is 3.03. The van der Waals surface area contributed by atoms with E-state index in [0.29, 0.717) is 5.75 Å². The lowest BCUT2D eigenvalue weighted by Crippen LogP contribution is -2.15. The van der Waals surface area contributed by atoms with Gasteiger partial charge < -0.3 is 10.2 Å². The first kappa shape index (κ1) is 12.8. The number of carboxylic acid groups (broad SMARTS) is 1. The van der Waals surface area contributed by atoms with E-state index >= 15 is 0 Å². The van der Waals surface area contributed by atoms with E-state index in [1.165, 1.54) is 12.8 Å². The van der Waals surface area contributed by atoms with Gasteiger partial charge in [-0.2, -0.15) is 11.8 Å². The van der Waals surface area contributed by atoms with E-state index in [1.54, 1.807) is 11.8 Å². The van der Waals surface area contributed by atoms with Crippen LogP contribution in [-0.4, -0.2) is 33.8 Å². The molecule has 0 radical (unpaired) electrons. The molecule has 0 aromatic heterocycles. The molecule has 0 aliphatic heterocycles. The van der Waals surface area contributed by atoms with Crippen molar-refractivity contribution < 1.29 is 15.0 Å². The van der Waals surface area contributed by atoms with Crippen LogP contribution < -0.4 is 0 Å². The first-order valence-corrected chi connectivity index (χ1v) is 5.80. The van der Waals surface area contributed by atoms with Gasteiger partial charge in [-0.15, -0.1) is 0 Å². The topological polar surface area (TPSA) is 57.5 Å². The largest absolute Gasteiger partial charge is 0.481 e. The molecule has 0 rings (SSSR count). The third kappa shape index (κ3) is 9.70. The Bertz CT molecular complexity index is 139. The molecule has 78 valence electrons. The Hall–Kier alpha value is -0.220. The Morgan fingerprint density at radius 1 is 1.46 bits per heavy atom. The molecule has 0 fully saturated rings. The van der Waals surface area contributed by atoms with Gasteiger partial charge in [-0.3, -0.25) is 4.79 Å². The van der Waals surface area contributed by atoms with Crippen LogP contribution in [-0.2, 0) is 4.79 Å². The summed E-state index contributed by atoms with van der Waals surface area (Å²) in [7, 11) is 0. The molecule has 13 heavy (non-hydrogen) atoms. The number of carboxylic acids is 1. The predicted octanol–water partition coefficient (Wildman–Crippen LogP) is 1.75. The van der Waals surface area contributed by atoms with Crippen LogP contribution in [0.1, 0.15) is 32.6 Å². The van der Waals surface area contributed by atoms with Crippen LogP contribution in [0.4, 0.5) is 0 Å². The van der Waals surface area contributed by atoms with Gasteiger partial charge in [0.15, 0.2) is 0 Å². The first-order chi connectivity index (χ1) is 6.16. The van der Waals surface area contributed by atoms with Crippen molar-refractivity contribution in [2.45, 2.75) is 38.7 Å². The zero-order chi connectivity index (χ0) is 10.1. The molecule has 0 heterocycles. The number of unbranched alkanes of at least 4 members (excludes halogenated alkanes) is 2. The third-order valence-electron chi connectivity index (χ3n) is 1.61. The molecule has 3 nitrogen and oxygen atoms in total. The number of aliphatic hydroxyl groups is 1. The highest BCUT2D eigenvalue weighted by Crippen LogP contribution is 2.09. The standard InChI is InChI=1S/C9H18O3S/c1-2-3-4-5-13-7-8(10)6-9(11)12/h8,10H,2-7H2,1H3,(H,11,12). The monoisotopic (exact) mass is 206 g/mol. The minimum atomic E-state index is -0.929. The fourth-order valence-corrected chi connectivity index (χ4v) is 1.90. The van der Waals surface area contributed by atoms with E-state index in [1.807, 2.05) is 0 Å². The summed E-state index contributed by atoms with van der Waals surface area (Å²) in [4.78, 5) is 10.2. The van der Waals surface area contributed by atoms with E-state index in [0.717, 1.165) is 12.2 Å². The Labute approximate surface area is 83.5 Å². The summed E-state index contributed by atoms with van der Waals surface area (Å²) in [5, 5.41) is 17.5. The molecule has 1 atom stereocenters. The summed E-state index contributed by atoms with van der Waals surface area (Å²) in [6.45, 7) is 2.14. The number of aliphatic carboxylic acids is 1. The van der Waals surface area contributed by atoms with Crippen molar-refractivity contribution in [2.24, 2.45) is 0 Å². The molecule has 1 unspecified atom stereocenters. The third-order valence-corrected chi connectivity index (χ3v) is 2.81. The van der Waals surface area contributed by atoms with Crippen LogP contribution in [0, 0.1) is 0 Å². The second-order valence-corrected chi connectivity index (χ2v) is 4.18. The summed E-state index contributed by atoms with van der Waals surface area (Å²) in [5.74, 6) is 0.627. The van der Waals surface area contributed by atoms with E-state index in [4.69, 9.17) is 5.11 Å². The lowest BCUT2D eigenvalue weighted by Gasteiger charge is -2.06. The maximum atomic E-state index is 10.2. The number of thioether (sulfide) groups is 1. The van der Waals surface area contributed by atoms with Crippen LogP contribution in [0.25, 0.3) is 0 Å². The summed E-state index contributed by atoms with van der Waals surface area (Å²) in [6, 6.07) is 0. The SMILES string of the molecule is CCCCCSCC(O)CC(=O)O. The number of carbonyl (C=O) groups is 1. The molecule has 2 N–H and O–H groups in total. The van der Waals surface area contributed by atoms with Gasteiger partial charge in [0, 0.05) is 5.75 Å². The fraction of sp³-hybridized carbons (Fsp3) is 0.889. The molecule has 0 bridgehead atoms. The quantitative estimate of drug-likeness (QED) is 0.594. The van der Waals surface area contributed by atoms with Gasteiger partial charge >= 0.3 is 5.97 Å². The lowest BCUT2D eigenvalue weighted by atomic mass is 10.3. The minimum absolute atomic E-state index is 0.138. The molecule has 0 saturated carbocycles. The molecule has 0 aliphatic carbocycles. The predicted molar refractivity (Wildman–Crippen MR) is 55.1 cm³/mol. The van der Waals surface area contributed by atoms with Crippen LogP contribution in [0.5, 0.6) is 0 Å². The molecular weight excluding hydrogens is 188 g/mol. The van der Waals surface area contributed by atoms with Gasteiger partial charge in [0.2, 0.25) is 0 Å². The Balaban J connectivity index is 3.17. The highest BCUT2D eigenvalue weighted by molar-refractivity contribution is 7.99. The van der Waals surface area contributed by atoms with Crippen molar-refractivity contribution in [3.05, 3.63) is 0 Å². The minimum Gasteiger partial charge on any atom is -0.481 e. The normalized spacial score (nSPS) is 12.8. The lowest BCUT2D eigenvalue weighted by molar-refractivity contribution is -0.138. The van der Waals surface area contributed by atoms with Crippen LogP contribution in [0.15, 0.2) is 0 Å². The van der Waals surface area contributed by atoms with E-state index in [9.17, 15) is 9.90 Å². The zero-order valence-corrected chi connectivity index (χ0v) is 8.85. The van der Waals surface area contributed by atoms with Gasteiger partial charge in [-0.1, -0.05) is 19.8 Å². The molecule has 0 aliphatic rings. The average Bonchev–Trinajstić information content (AvgIpc) is 2.02. The molecule has 4 heteroatoms. The number of hydrogen-bond acceptors (Lipinski definition) is 3. The first-order valence-electron chi connectivity index (χ1n) is 4.64. The summed E-state index contributed by atoms with van der Waals surface area (Å²) >= 11 is 1.63. The maximum absolute atomic E-state index is 10.2. The Morgan fingerprint density at radius 2 is 2.15 bits per heavy atom. The summed E-state index contributed by atoms with van der Waals surface area (Å²) < 4.78 is 0. The van der Waals surface area contributed by atoms with Crippen LogP contribution in [0.2, 0.25) is 0 Å². The highest BCUT2D eigenvalue weighted by atomic mass is 32.2. The average molecular weight is 206 g/mol. The van der Waals surface area contributed by atoms with Crippen molar-refractivity contribution in [1.29, 1.82) is 0 Å². The van der Waals surface area contributed by atoms with Crippen molar-refractivity contribution in [2.75, 3.05) is 11.5 Å². The summed E-state index contributed by atoms with van der Waals surface area (Å²) in [6.07, 6.45) is 2.73. The van der Waals surface area contributed by atoms with Crippen molar-refractivity contribution in [3.63, 3.8) is 0 Å². The number of hydrogen-bond donors (Lipinski definition) is 2.